The second kappa shape index (κ2) is 8.30. The van der Waals surface area contributed by atoms with Gasteiger partial charge in [-0.25, -0.2) is 8.78 Å². The average molecular weight is 332 g/mol. The van der Waals surface area contributed by atoms with Crippen LogP contribution in [0.25, 0.3) is 0 Å². The zero-order chi connectivity index (χ0) is 16.7. The van der Waals surface area contributed by atoms with Crippen LogP contribution in [0, 0.1) is 23.0 Å². The fraction of sp³-hybridized carbons (Fsp3) is 0.176. The molecular weight excluding hydrogens is 318 g/mol. The van der Waals surface area contributed by atoms with Gasteiger partial charge in [-0.15, -0.1) is 0 Å². The van der Waals surface area contributed by atoms with E-state index in [9.17, 15) is 13.6 Å². The summed E-state index contributed by atoms with van der Waals surface area (Å²) in [5.74, 6) is -1.14. The fourth-order valence-electron chi connectivity index (χ4n) is 1.91. The van der Waals surface area contributed by atoms with Gasteiger partial charge in [0.2, 0.25) is 0 Å². The van der Waals surface area contributed by atoms with Crippen molar-refractivity contribution >= 4 is 17.7 Å². The maximum absolute atomic E-state index is 13.1. The molecule has 0 aliphatic carbocycles. The molecule has 0 aromatic heterocycles. The SMILES string of the molecule is N#Cc1ccccc1CSCCNC(=O)c1ccc(F)c(F)c1. The normalized spacial score (nSPS) is 10.1. The molecule has 2 aromatic carbocycles. The summed E-state index contributed by atoms with van der Waals surface area (Å²) in [6.45, 7) is 0.400. The van der Waals surface area contributed by atoms with Crippen LogP contribution >= 0.6 is 11.8 Å². The molecule has 3 nitrogen and oxygen atoms in total. The lowest BCUT2D eigenvalue weighted by molar-refractivity contribution is 0.0955. The molecule has 2 aromatic rings. The van der Waals surface area contributed by atoms with Crippen molar-refractivity contribution in [2.24, 2.45) is 0 Å². The third-order valence-corrected chi connectivity index (χ3v) is 4.12. The fourth-order valence-corrected chi connectivity index (χ4v) is 2.78. The number of thioether (sulfide) groups is 1. The summed E-state index contributed by atoms with van der Waals surface area (Å²) in [4.78, 5) is 11.8. The molecule has 0 aliphatic heterocycles. The molecule has 1 amide bonds. The zero-order valence-electron chi connectivity index (χ0n) is 12.2. The lowest BCUT2D eigenvalue weighted by Gasteiger charge is -2.06. The maximum Gasteiger partial charge on any atom is 0.251 e. The van der Waals surface area contributed by atoms with E-state index in [0.29, 0.717) is 23.6 Å². The Labute approximate surface area is 137 Å². The van der Waals surface area contributed by atoms with Crippen LogP contribution in [0.3, 0.4) is 0 Å². The highest BCUT2D eigenvalue weighted by Crippen LogP contribution is 2.15. The molecule has 0 saturated carbocycles. The summed E-state index contributed by atoms with van der Waals surface area (Å²) < 4.78 is 25.9. The number of hydrogen-bond acceptors (Lipinski definition) is 3. The van der Waals surface area contributed by atoms with E-state index in [2.05, 4.69) is 11.4 Å². The number of rotatable bonds is 6. The molecule has 2 rings (SSSR count). The smallest absolute Gasteiger partial charge is 0.251 e. The first-order valence-corrected chi connectivity index (χ1v) is 8.06. The van der Waals surface area contributed by atoms with Gasteiger partial charge in [-0.1, -0.05) is 18.2 Å². The summed E-state index contributed by atoms with van der Waals surface area (Å²) >= 11 is 1.58. The monoisotopic (exact) mass is 332 g/mol. The number of nitrogens with one attached hydrogen (secondary N) is 1. The Morgan fingerprint density at radius 1 is 1.17 bits per heavy atom. The average Bonchev–Trinajstić information content (AvgIpc) is 2.57. The van der Waals surface area contributed by atoms with Crippen LogP contribution in [0.15, 0.2) is 42.5 Å². The highest BCUT2D eigenvalue weighted by molar-refractivity contribution is 7.98. The Morgan fingerprint density at radius 3 is 2.70 bits per heavy atom. The van der Waals surface area contributed by atoms with E-state index in [-0.39, 0.29) is 5.56 Å². The van der Waals surface area contributed by atoms with Crippen LogP contribution in [-0.2, 0) is 5.75 Å². The topological polar surface area (TPSA) is 52.9 Å². The minimum Gasteiger partial charge on any atom is -0.351 e. The van der Waals surface area contributed by atoms with Gasteiger partial charge in [0.25, 0.3) is 5.91 Å². The van der Waals surface area contributed by atoms with E-state index in [1.54, 1.807) is 17.8 Å². The Balaban J connectivity index is 1.76. The van der Waals surface area contributed by atoms with E-state index in [4.69, 9.17) is 5.26 Å². The Bertz CT molecular complexity index is 744. The minimum absolute atomic E-state index is 0.0868. The largest absolute Gasteiger partial charge is 0.351 e. The maximum atomic E-state index is 13.1. The predicted molar refractivity (Wildman–Crippen MR) is 86.0 cm³/mol. The van der Waals surface area contributed by atoms with Crippen LogP contribution < -0.4 is 5.32 Å². The Hall–Kier alpha value is -2.39. The van der Waals surface area contributed by atoms with E-state index in [1.165, 1.54) is 6.07 Å². The van der Waals surface area contributed by atoms with Crippen LogP contribution in [0.2, 0.25) is 0 Å². The molecule has 0 heterocycles. The number of benzene rings is 2. The van der Waals surface area contributed by atoms with Gasteiger partial charge in [0.05, 0.1) is 11.6 Å². The van der Waals surface area contributed by atoms with E-state index in [1.807, 2.05) is 18.2 Å². The van der Waals surface area contributed by atoms with Gasteiger partial charge >= 0.3 is 0 Å². The summed E-state index contributed by atoms with van der Waals surface area (Å²) in [5, 5.41) is 11.6. The van der Waals surface area contributed by atoms with Crippen molar-refractivity contribution in [1.82, 2.24) is 5.32 Å². The second-order valence-corrected chi connectivity index (χ2v) is 5.81. The van der Waals surface area contributed by atoms with E-state index >= 15 is 0 Å². The van der Waals surface area contributed by atoms with Gasteiger partial charge in [0.15, 0.2) is 11.6 Å². The zero-order valence-corrected chi connectivity index (χ0v) is 13.0. The van der Waals surface area contributed by atoms with Crippen molar-refractivity contribution in [2.75, 3.05) is 12.3 Å². The van der Waals surface area contributed by atoms with Gasteiger partial charge < -0.3 is 5.32 Å². The van der Waals surface area contributed by atoms with Crippen molar-refractivity contribution in [3.63, 3.8) is 0 Å². The van der Waals surface area contributed by atoms with Crippen molar-refractivity contribution in [2.45, 2.75) is 5.75 Å². The van der Waals surface area contributed by atoms with Crippen LogP contribution in [0.4, 0.5) is 8.78 Å². The Morgan fingerprint density at radius 2 is 1.96 bits per heavy atom. The van der Waals surface area contributed by atoms with Gasteiger partial charge in [0.1, 0.15) is 0 Å². The summed E-state index contributed by atoms with van der Waals surface area (Å²) in [5.41, 5.74) is 1.68. The predicted octanol–water partition coefficient (Wildman–Crippen LogP) is 3.50. The molecule has 23 heavy (non-hydrogen) atoms. The molecule has 0 fully saturated rings. The lowest BCUT2D eigenvalue weighted by atomic mass is 10.1. The van der Waals surface area contributed by atoms with Crippen molar-refractivity contribution < 1.29 is 13.6 Å². The van der Waals surface area contributed by atoms with Crippen LogP contribution in [0.1, 0.15) is 21.5 Å². The summed E-state index contributed by atoms with van der Waals surface area (Å²) in [7, 11) is 0. The third-order valence-electron chi connectivity index (χ3n) is 3.11. The molecule has 0 atom stereocenters. The summed E-state index contributed by atoms with van der Waals surface area (Å²) in [6.07, 6.45) is 0. The summed E-state index contributed by atoms with van der Waals surface area (Å²) in [6, 6.07) is 12.5. The molecule has 6 heteroatoms. The number of halogens is 2. The van der Waals surface area contributed by atoms with E-state index < -0.39 is 17.5 Å². The highest BCUT2D eigenvalue weighted by atomic mass is 32.2. The standard InChI is InChI=1S/C17H14F2N2OS/c18-15-6-5-12(9-16(15)19)17(22)21-7-8-23-11-14-4-2-1-3-13(14)10-20/h1-6,9H,7-8,11H2,(H,21,22). The number of amides is 1. The first-order valence-electron chi connectivity index (χ1n) is 6.91. The molecule has 1 N–H and O–H groups in total. The van der Waals surface area contributed by atoms with Gasteiger partial charge in [-0.05, 0) is 29.8 Å². The molecule has 0 spiro atoms. The van der Waals surface area contributed by atoms with Crippen LogP contribution in [0.5, 0.6) is 0 Å². The highest BCUT2D eigenvalue weighted by Gasteiger charge is 2.09. The Kier molecular flexibility index (Phi) is 6.12. The van der Waals surface area contributed by atoms with Crippen molar-refractivity contribution in [3.05, 3.63) is 70.8 Å². The molecule has 0 unspecified atom stereocenters. The molecule has 0 aliphatic rings. The van der Waals surface area contributed by atoms with E-state index in [0.717, 1.165) is 17.7 Å². The van der Waals surface area contributed by atoms with Gasteiger partial charge in [-0.2, -0.15) is 17.0 Å². The molecular formula is C17H14F2N2OS. The van der Waals surface area contributed by atoms with Crippen molar-refractivity contribution in [1.29, 1.82) is 5.26 Å². The molecule has 118 valence electrons. The number of hydrogen-bond donors (Lipinski definition) is 1. The van der Waals surface area contributed by atoms with Gasteiger partial charge in [0, 0.05) is 23.6 Å². The number of carbonyl (C=O) groups excluding carboxylic acids is 1. The second-order valence-electron chi connectivity index (χ2n) is 4.71. The first kappa shape index (κ1) is 17.0. The minimum atomic E-state index is -1.04. The molecule has 0 radical (unpaired) electrons. The van der Waals surface area contributed by atoms with Gasteiger partial charge in [-0.3, -0.25) is 4.79 Å². The first-order chi connectivity index (χ1) is 11.1. The molecule has 0 saturated heterocycles. The number of carbonyl (C=O) groups is 1. The van der Waals surface area contributed by atoms with Crippen molar-refractivity contribution in [3.8, 4) is 6.07 Å². The lowest BCUT2D eigenvalue weighted by Crippen LogP contribution is -2.25. The third kappa shape index (κ3) is 4.80. The number of nitriles is 1. The molecule has 0 bridgehead atoms. The number of nitrogens with zero attached hydrogens (tertiary/aromatic N) is 1. The van der Waals surface area contributed by atoms with Crippen LogP contribution in [-0.4, -0.2) is 18.2 Å². The quantitative estimate of drug-likeness (QED) is 0.824.